The molecule has 0 radical (unpaired) electrons. The topological polar surface area (TPSA) is 92.5 Å². The first-order valence-corrected chi connectivity index (χ1v) is 4.64. The van der Waals surface area contributed by atoms with E-state index in [0.717, 1.165) is 24.6 Å². The molecule has 78 valence electrons. The van der Waals surface area contributed by atoms with Crippen LogP contribution in [0.2, 0.25) is 0 Å². The van der Waals surface area contributed by atoms with Gasteiger partial charge in [-0.05, 0) is 0 Å². The normalized spacial score (nSPS) is 10.1. The summed E-state index contributed by atoms with van der Waals surface area (Å²) >= 11 is 0. The van der Waals surface area contributed by atoms with Gasteiger partial charge in [-0.3, -0.25) is 0 Å². The third kappa shape index (κ3) is 2.67. The second-order valence-electron chi connectivity index (χ2n) is 3.04. The number of anilines is 2. The molecule has 0 aromatic carbocycles. The van der Waals surface area contributed by atoms with Crippen LogP contribution in [0, 0.1) is 0 Å². The summed E-state index contributed by atoms with van der Waals surface area (Å²) in [5.41, 5.74) is 5.42. The highest BCUT2D eigenvalue weighted by Crippen LogP contribution is 2.01. The van der Waals surface area contributed by atoms with Crippen LogP contribution in [0.25, 0.3) is 0 Å². The second kappa shape index (κ2) is 4.41. The van der Waals surface area contributed by atoms with Gasteiger partial charge in [0, 0.05) is 25.4 Å². The van der Waals surface area contributed by atoms with Crippen LogP contribution in [0.3, 0.4) is 0 Å². The largest absolute Gasteiger partial charge is 0.382 e. The fourth-order valence-electron chi connectivity index (χ4n) is 1.17. The van der Waals surface area contributed by atoms with Crippen LogP contribution in [-0.2, 0) is 6.42 Å². The Labute approximate surface area is 87.0 Å². The Bertz CT molecular complexity index is 393. The molecule has 0 aliphatic carbocycles. The van der Waals surface area contributed by atoms with Gasteiger partial charge in [0.2, 0.25) is 0 Å². The minimum absolute atomic E-state index is 0.423. The van der Waals surface area contributed by atoms with E-state index >= 15 is 0 Å². The monoisotopic (exact) mass is 204 g/mol. The van der Waals surface area contributed by atoms with Gasteiger partial charge in [0.15, 0.2) is 0 Å². The molecule has 0 saturated carbocycles. The second-order valence-corrected chi connectivity index (χ2v) is 3.04. The lowest BCUT2D eigenvalue weighted by atomic mass is 10.4. The highest BCUT2D eigenvalue weighted by Gasteiger charge is 1.96. The van der Waals surface area contributed by atoms with Crippen LogP contribution < -0.4 is 11.1 Å². The summed E-state index contributed by atoms with van der Waals surface area (Å²) < 4.78 is 0. The number of aromatic amines is 1. The lowest BCUT2D eigenvalue weighted by Crippen LogP contribution is -2.07. The summed E-state index contributed by atoms with van der Waals surface area (Å²) in [5, 5.41) is 3.12. The van der Waals surface area contributed by atoms with E-state index in [0.29, 0.717) is 5.82 Å². The standard InChI is InChI=1S/C9H12N6/c10-7-5-15-9(6-14-7)11-2-1-8-12-3-4-13-8/h3-6H,1-2H2,(H2,10,14)(H,11,15)(H,12,13). The molecule has 15 heavy (non-hydrogen) atoms. The first-order valence-electron chi connectivity index (χ1n) is 4.64. The maximum absolute atomic E-state index is 5.42. The van der Waals surface area contributed by atoms with Gasteiger partial charge in [0.05, 0.1) is 12.4 Å². The quantitative estimate of drug-likeness (QED) is 0.671. The SMILES string of the molecule is Nc1cnc(NCCc2ncc[nH]2)cn1. The zero-order valence-corrected chi connectivity index (χ0v) is 8.14. The molecule has 2 aromatic rings. The molecule has 2 aromatic heterocycles. The van der Waals surface area contributed by atoms with Crippen LogP contribution >= 0.6 is 0 Å². The van der Waals surface area contributed by atoms with E-state index in [1.54, 1.807) is 18.6 Å². The van der Waals surface area contributed by atoms with Crippen LogP contribution in [-0.4, -0.2) is 26.5 Å². The number of rotatable bonds is 4. The van der Waals surface area contributed by atoms with Gasteiger partial charge in [-0.15, -0.1) is 0 Å². The van der Waals surface area contributed by atoms with Crippen molar-refractivity contribution in [2.45, 2.75) is 6.42 Å². The molecule has 6 nitrogen and oxygen atoms in total. The smallest absolute Gasteiger partial charge is 0.144 e. The van der Waals surface area contributed by atoms with Crippen molar-refractivity contribution in [3.63, 3.8) is 0 Å². The zero-order chi connectivity index (χ0) is 10.5. The lowest BCUT2D eigenvalue weighted by Gasteiger charge is -2.03. The number of nitrogens with zero attached hydrogens (tertiary/aromatic N) is 3. The molecule has 0 bridgehead atoms. The highest BCUT2D eigenvalue weighted by atomic mass is 15.0. The van der Waals surface area contributed by atoms with E-state index in [-0.39, 0.29) is 0 Å². The zero-order valence-electron chi connectivity index (χ0n) is 8.14. The number of hydrogen-bond acceptors (Lipinski definition) is 5. The van der Waals surface area contributed by atoms with Gasteiger partial charge >= 0.3 is 0 Å². The van der Waals surface area contributed by atoms with Crippen molar-refractivity contribution in [3.05, 3.63) is 30.6 Å². The molecule has 0 aliphatic rings. The van der Waals surface area contributed by atoms with Gasteiger partial charge in [-0.1, -0.05) is 0 Å². The summed E-state index contributed by atoms with van der Waals surface area (Å²) in [6.45, 7) is 0.756. The summed E-state index contributed by atoms with van der Waals surface area (Å²) in [7, 11) is 0. The molecule has 0 saturated heterocycles. The Kier molecular flexibility index (Phi) is 2.77. The summed E-state index contributed by atoms with van der Waals surface area (Å²) in [6, 6.07) is 0. The minimum Gasteiger partial charge on any atom is -0.382 e. The maximum Gasteiger partial charge on any atom is 0.144 e. The number of imidazole rings is 1. The van der Waals surface area contributed by atoms with E-state index < -0.39 is 0 Å². The molecule has 0 atom stereocenters. The van der Waals surface area contributed by atoms with Crippen LogP contribution in [0.5, 0.6) is 0 Å². The van der Waals surface area contributed by atoms with E-state index in [1.807, 2.05) is 0 Å². The molecule has 0 spiro atoms. The molecule has 0 unspecified atom stereocenters. The van der Waals surface area contributed by atoms with Crippen molar-refractivity contribution >= 4 is 11.6 Å². The van der Waals surface area contributed by atoms with Crippen molar-refractivity contribution in [2.75, 3.05) is 17.6 Å². The third-order valence-electron chi connectivity index (χ3n) is 1.89. The summed E-state index contributed by atoms with van der Waals surface area (Å²) in [5.74, 6) is 2.09. The lowest BCUT2D eigenvalue weighted by molar-refractivity contribution is 0.920. The number of aromatic nitrogens is 4. The fraction of sp³-hybridized carbons (Fsp3) is 0.222. The minimum atomic E-state index is 0.423. The Morgan fingerprint density at radius 3 is 2.87 bits per heavy atom. The van der Waals surface area contributed by atoms with Crippen LogP contribution in [0.15, 0.2) is 24.8 Å². The maximum atomic E-state index is 5.42. The third-order valence-corrected chi connectivity index (χ3v) is 1.89. The Morgan fingerprint density at radius 2 is 2.20 bits per heavy atom. The Hall–Kier alpha value is -2.11. The Balaban J connectivity index is 1.81. The molecule has 4 N–H and O–H groups in total. The van der Waals surface area contributed by atoms with Gasteiger partial charge in [0.25, 0.3) is 0 Å². The van der Waals surface area contributed by atoms with E-state index in [1.165, 1.54) is 6.20 Å². The predicted molar refractivity (Wildman–Crippen MR) is 57.2 cm³/mol. The van der Waals surface area contributed by atoms with Crippen molar-refractivity contribution < 1.29 is 0 Å². The number of nitrogen functional groups attached to an aromatic ring is 1. The van der Waals surface area contributed by atoms with Crippen molar-refractivity contribution in [2.24, 2.45) is 0 Å². The highest BCUT2D eigenvalue weighted by molar-refractivity contribution is 5.35. The average molecular weight is 204 g/mol. The van der Waals surface area contributed by atoms with E-state index in [9.17, 15) is 0 Å². The van der Waals surface area contributed by atoms with Crippen molar-refractivity contribution in [3.8, 4) is 0 Å². The van der Waals surface area contributed by atoms with Gasteiger partial charge in [-0.25, -0.2) is 15.0 Å². The molecule has 2 heterocycles. The molecule has 0 aliphatic heterocycles. The van der Waals surface area contributed by atoms with Crippen molar-refractivity contribution in [1.29, 1.82) is 0 Å². The van der Waals surface area contributed by atoms with Crippen molar-refractivity contribution in [1.82, 2.24) is 19.9 Å². The number of nitrogens with one attached hydrogen (secondary N) is 2. The predicted octanol–water partition coefficient (Wildman–Crippen LogP) is 0.436. The molecule has 0 amide bonds. The molecule has 0 fully saturated rings. The molecular weight excluding hydrogens is 192 g/mol. The van der Waals surface area contributed by atoms with Gasteiger partial charge in [0.1, 0.15) is 17.5 Å². The summed E-state index contributed by atoms with van der Waals surface area (Å²) in [6.07, 6.45) is 7.49. The van der Waals surface area contributed by atoms with E-state index in [2.05, 4.69) is 25.3 Å². The first kappa shape index (κ1) is 9.45. The fourth-order valence-corrected chi connectivity index (χ4v) is 1.17. The summed E-state index contributed by atoms with van der Waals surface area (Å²) in [4.78, 5) is 15.1. The average Bonchev–Trinajstić information content (AvgIpc) is 2.74. The van der Waals surface area contributed by atoms with E-state index in [4.69, 9.17) is 5.73 Å². The first-order chi connectivity index (χ1) is 7.34. The molecule has 6 heteroatoms. The number of hydrogen-bond donors (Lipinski definition) is 3. The number of H-pyrrole nitrogens is 1. The van der Waals surface area contributed by atoms with Crippen LogP contribution in [0.4, 0.5) is 11.6 Å². The van der Waals surface area contributed by atoms with Crippen LogP contribution in [0.1, 0.15) is 5.82 Å². The molecular formula is C9H12N6. The number of nitrogens with two attached hydrogens (primary N) is 1. The van der Waals surface area contributed by atoms with Gasteiger partial charge < -0.3 is 16.0 Å². The Morgan fingerprint density at radius 1 is 1.27 bits per heavy atom. The molecule has 2 rings (SSSR count). The van der Waals surface area contributed by atoms with Gasteiger partial charge in [-0.2, -0.15) is 0 Å².